The van der Waals surface area contributed by atoms with Crippen LogP contribution >= 0.6 is 0 Å². The van der Waals surface area contributed by atoms with Crippen LogP contribution in [0.15, 0.2) is 66.2 Å². The summed E-state index contributed by atoms with van der Waals surface area (Å²) in [5, 5.41) is 11.4. The lowest BCUT2D eigenvalue weighted by Crippen LogP contribution is -2.30. The minimum Gasteiger partial charge on any atom is -0.507 e. The summed E-state index contributed by atoms with van der Waals surface area (Å²) >= 11 is 0. The van der Waals surface area contributed by atoms with Crippen molar-refractivity contribution in [2.75, 3.05) is 12.0 Å². The summed E-state index contributed by atoms with van der Waals surface area (Å²) < 4.78 is 5.28. The van der Waals surface area contributed by atoms with Gasteiger partial charge in [0.2, 0.25) is 0 Å². The summed E-state index contributed by atoms with van der Waals surface area (Å²) in [6.45, 7) is 7.69. The quantitative estimate of drug-likeness (QED) is 0.327. The van der Waals surface area contributed by atoms with Gasteiger partial charge in [0, 0.05) is 11.3 Å². The van der Waals surface area contributed by atoms with Gasteiger partial charge in [0.25, 0.3) is 11.7 Å². The van der Waals surface area contributed by atoms with Crippen molar-refractivity contribution in [3.05, 3.63) is 99.6 Å². The average Bonchev–Trinajstić information content (AvgIpc) is 3.07. The van der Waals surface area contributed by atoms with E-state index in [9.17, 15) is 14.7 Å². The van der Waals surface area contributed by atoms with Crippen molar-refractivity contribution in [2.24, 2.45) is 0 Å². The second-order valence-electron chi connectivity index (χ2n) is 8.48. The van der Waals surface area contributed by atoms with Gasteiger partial charge in [0.15, 0.2) is 0 Å². The average molecular weight is 442 g/mol. The highest BCUT2D eigenvalue weighted by molar-refractivity contribution is 6.51. The number of Topliss-reactive ketones (excluding diaryl/α,β-unsaturated/α-hetero) is 1. The molecule has 0 bridgehead atoms. The van der Waals surface area contributed by atoms with E-state index in [2.05, 4.69) is 0 Å². The molecular weight excluding hydrogens is 414 g/mol. The van der Waals surface area contributed by atoms with Gasteiger partial charge >= 0.3 is 0 Å². The number of hydrogen-bond acceptors (Lipinski definition) is 4. The summed E-state index contributed by atoms with van der Waals surface area (Å²) in [5.41, 5.74) is 5.69. The number of anilines is 1. The Kier molecular flexibility index (Phi) is 5.81. The molecule has 1 N–H and O–H groups in total. The normalized spacial score (nSPS) is 17.5. The molecule has 1 atom stereocenters. The van der Waals surface area contributed by atoms with E-state index in [1.807, 2.05) is 76.2 Å². The number of benzene rings is 3. The number of methoxy groups -OCH3 is 1. The summed E-state index contributed by atoms with van der Waals surface area (Å²) in [6.07, 6.45) is 0. The van der Waals surface area contributed by atoms with Crippen LogP contribution in [0.2, 0.25) is 0 Å². The first-order valence-electron chi connectivity index (χ1n) is 10.8. The maximum atomic E-state index is 13.4. The minimum atomic E-state index is -0.767. The minimum absolute atomic E-state index is 0.0831. The predicted molar refractivity (Wildman–Crippen MR) is 130 cm³/mol. The molecule has 168 valence electrons. The highest BCUT2D eigenvalue weighted by atomic mass is 16.5. The van der Waals surface area contributed by atoms with Crippen LogP contribution in [0, 0.1) is 27.7 Å². The Labute approximate surface area is 193 Å². The molecular formula is C28H27NO4. The lowest BCUT2D eigenvalue weighted by atomic mass is 9.93. The highest BCUT2D eigenvalue weighted by Crippen LogP contribution is 2.44. The number of rotatable bonds is 4. The maximum Gasteiger partial charge on any atom is 0.300 e. The van der Waals surface area contributed by atoms with Crippen LogP contribution in [0.1, 0.15) is 39.4 Å². The molecule has 0 aromatic heterocycles. The number of aliphatic hydroxyl groups is 1. The van der Waals surface area contributed by atoms with Crippen molar-refractivity contribution in [2.45, 2.75) is 33.7 Å². The fraction of sp³-hybridized carbons (Fsp3) is 0.214. The van der Waals surface area contributed by atoms with Crippen LogP contribution in [0.4, 0.5) is 5.69 Å². The molecule has 0 spiro atoms. The lowest BCUT2D eigenvalue weighted by Gasteiger charge is -2.27. The molecule has 1 aliphatic heterocycles. The number of hydrogen-bond donors (Lipinski definition) is 1. The molecule has 5 heteroatoms. The van der Waals surface area contributed by atoms with E-state index in [0.29, 0.717) is 22.6 Å². The first-order valence-corrected chi connectivity index (χ1v) is 10.8. The number of carbonyl (C=O) groups is 2. The van der Waals surface area contributed by atoms with E-state index in [-0.39, 0.29) is 11.3 Å². The molecule has 0 saturated carbocycles. The second kappa shape index (κ2) is 8.58. The van der Waals surface area contributed by atoms with Crippen LogP contribution < -0.4 is 9.64 Å². The Bertz CT molecular complexity index is 1290. The SMILES string of the molecule is COc1ccc(C2/C(=C(\O)c3cc(C)ccc3C)C(=O)C(=O)N2c2cccc(C)c2C)cc1. The molecule has 0 radical (unpaired) electrons. The van der Waals surface area contributed by atoms with Crippen LogP contribution in [0.5, 0.6) is 5.75 Å². The number of aryl methyl sites for hydroxylation is 3. The van der Waals surface area contributed by atoms with Crippen molar-refractivity contribution >= 4 is 23.1 Å². The Morgan fingerprint density at radius 2 is 1.61 bits per heavy atom. The molecule has 1 unspecified atom stereocenters. The molecule has 33 heavy (non-hydrogen) atoms. The van der Waals surface area contributed by atoms with Gasteiger partial charge < -0.3 is 9.84 Å². The zero-order chi connectivity index (χ0) is 23.9. The summed E-state index contributed by atoms with van der Waals surface area (Å²) in [4.78, 5) is 28.3. The fourth-order valence-electron chi connectivity index (χ4n) is 4.32. The molecule has 3 aromatic rings. The first-order chi connectivity index (χ1) is 15.7. The van der Waals surface area contributed by atoms with Crippen molar-refractivity contribution in [3.8, 4) is 5.75 Å². The van der Waals surface area contributed by atoms with Crippen molar-refractivity contribution in [1.82, 2.24) is 0 Å². The lowest BCUT2D eigenvalue weighted by molar-refractivity contribution is -0.132. The third-order valence-electron chi connectivity index (χ3n) is 6.36. The smallest absolute Gasteiger partial charge is 0.300 e. The molecule has 1 heterocycles. The van der Waals surface area contributed by atoms with Crippen LogP contribution in [0.3, 0.4) is 0 Å². The van der Waals surface area contributed by atoms with Crippen LogP contribution in [-0.2, 0) is 9.59 Å². The zero-order valence-corrected chi connectivity index (χ0v) is 19.5. The largest absolute Gasteiger partial charge is 0.507 e. The number of ketones is 1. The number of carbonyl (C=O) groups excluding carboxylic acids is 2. The molecule has 1 amide bonds. The maximum absolute atomic E-state index is 13.4. The van der Waals surface area contributed by atoms with Gasteiger partial charge in [-0.15, -0.1) is 0 Å². The molecule has 1 aliphatic rings. The van der Waals surface area contributed by atoms with Gasteiger partial charge in [-0.1, -0.05) is 42.0 Å². The van der Waals surface area contributed by atoms with Gasteiger partial charge in [-0.05, 0) is 74.2 Å². The summed E-state index contributed by atoms with van der Waals surface area (Å²) in [7, 11) is 1.58. The van der Waals surface area contributed by atoms with E-state index in [0.717, 1.165) is 22.3 Å². The van der Waals surface area contributed by atoms with Crippen molar-refractivity contribution < 1.29 is 19.4 Å². The van der Waals surface area contributed by atoms with Gasteiger partial charge in [-0.25, -0.2) is 0 Å². The Hall–Kier alpha value is -3.86. The number of aliphatic hydroxyl groups excluding tert-OH is 1. The monoisotopic (exact) mass is 441 g/mol. The molecule has 5 nitrogen and oxygen atoms in total. The van der Waals surface area contributed by atoms with Gasteiger partial charge in [0.05, 0.1) is 18.7 Å². The Balaban J connectivity index is 2.00. The van der Waals surface area contributed by atoms with E-state index >= 15 is 0 Å². The molecule has 4 rings (SSSR count). The van der Waals surface area contributed by atoms with E-state index in [1.54, 1.807) is 19.2 Å². The standard InChI is InChI=1S/C28H27NO4/c1-16-9-10-18(3)22(15-16)26(30)24-25(20-11-13-21(33-5)14-12-20)29(28(32)27(24)31)23-8-6-7-17(2)19(23)4/h6-15,25,30H,1-5H3/b26-24+. The van der Waals surface area contributed by atoms with Crippen LogP contribution in [-0.4, -0.2) is 23.9 Å². The molecule has 0 aliphatic carbocycles. The molecule has 3 aromatic carbocycles. The topological polar surface area (TPSA) is 66.8 Å². The Morgan fingerprint density at radius 1 is 0.909 bits per heavy atom. The summed E-state index contributed by atoms with van der Waals surface area (Å²) in [5.74, 6) is -0.855. The fourth-order valence-corrected chi connectivity index (χ4v) is 4.32. The predicted octanol–water partition coefficient (Wildman–Crippen LogP) is 5.56. The second-order valence-corrected chi connectivity index (χ2v) is 8.48. The van der Waals surface area contributed by atoms with Gasteiger partial charge in [-0.2, -0.15) is 0 Å². The molecule has 1 saturated heterocycles. The number of nitrogens with zero attached hydrogens (tertiary/aromatic N) is 1. The third-order valence-corrected chi connectivity index (χ3v) is 6.36. The van der Waals surface area contributed by atoms with E-state index < -0.39 is 17.7 Å². The van der Waals surface area contributed by atoms with Crippen LogP contribution in [0.25, 0.3) is 5.76 Å². The number of amides is 1. The van der Waals surface area contributed by atoms with Gasteiger partial charge in [-0.3, -0.25) is 14.5 Å². The highest BCUT2D eigenvalue weighted by Gasteiger charge is 2.47. The zero-order valence-electron chi connectivity index (χ0n) is 19.5. The third kappa shape index (κ3) is 3.80. The number of ether oxygens (including phenoxy) is 1. The molecule has 1 fully saturated rings. The first kappa shape index (κ1) is 22.3. The van der Waals surface area contributed by atoms with Crippen molar-refractivity contribution in [3.63, 3.8) is 0 Å². The van der Waals surface area contributed by atoms with E-state index in [4.69, 9.17) is 4.74 Å². The Morgan fingerprint density at radius 3 is 2.27 bits per heavy atom. The van der Waals surface area contributed by atoms with Gasteiger partial charge in [0.1, 0.15) is 11.5 Å². The van der Waals surface area contributed by atoms with Crippen molar-refractivity contribution in [1.29, 1.82) is 0 Å². The van der Waals surface area contributed by atoms with E-state index in [1.165, 1.54) is 4.90 Å². The summed E-state index contributed by atoms with van der Waals surface area (Å²) in [6, 6.07) is 17.8.